The molecular weight excluding hydrogens is 428 g/mol. The van der Waals surface area contributed by atoms with Gasteiger partial charge in [-0.05, 0) is 48.9 Å². The molecule has 1 aliphatic heterocycles. The van der Waals surface area contributed by atoms with Crippen LogP contribution in [0.2, 0.25) is 0 Å². The molecule has 3 aromatic carbocycles. The lowest BCUT2D eigenvalue weighted by Crippen LogP contribution is -2.31. The molecule has 0 aromatic heterocycles. The molecule has 1 aliphatic rings. The lowest BCUT2D eigenvalue weighted by atomic mass is 10.1. The van der Waals surface area contributed by atoms with Crippen LogP contribution in [0.3, 0.4) is 0 Å². The van der Waals surface area contributed by atoms with Crippen LogP contribution in [0.15, 0.2) is 76.5 Å². The van der Waals surface area contributed by atoms with E-state index >= 15 is 0 Å². The van der Waals surface area contributed by atoms with E-state index < -0.39 is 21.7 Å². The number of sulfone groups is 1. The Bertz CT molecular complexity index is 1390. The Kier molecular flexibility index (Phi) is 5.51. The Hall–Kier alpha value is -3.96. The smallest absolute Gasteiger partial charge is 0.338 e. The molecule has 0 N–H and O–H groups in total. The number of amides is 1. The zero-order valence-electron chi connectivity index (χ0n) is 17.1. The van der Waals surface area contributed by atoms with Crippen LogP contribution in [0.4, 0.5) is 5.69 Å². The average Bonchev–Trinajstić information content (AvgIpc) is 2.87. The van der Waals surface area contributed by atoms with Crippen LogP contribution in [0.5, 0.6) is 0 Å². The molecule has 0 bridgehead atoms. The maximum Gasteiger partial charge on any atom is 0.338 e. The van der Waals surface area contributed by atoms with Crippen molar-refractivity contribution >= 4 is 27.4 Å². The van der Waals surface area contributed by atoms with E-state index in [1.165, 1.54) is 35.2 Å². The first kappa shape index (κ1) is 21.3. The minimum Gasteiger partial charge on any atom is -0.462 e. The van der Waals surface area contributed by atoms with Gasteiger partial charge in [0.2, 0.25) is 9.84 Å². The van der Waals surface area contributed by atoms with Crippen molar-refractivity contribution in [2.24, 2.45) is 0 Å². The van der Waals surface area contributed by atoms with Gasteiger partial charge in [0, 0.05) is 0 Å². The normalized spacial score (nSPS) is 14.0. The Morgan fingerprint density at radius 1 is 1.03 bits per heavy atom. The number of carbonyl (C=O) groups excluding carboxylic acids is 2. The van der Waals surface area contributed by atoms with Gasteiger partial charge in [0.05, 0.1) is 51.4 Å². The summed E-state index contributed by atoms with van der Waals surface area (Å²) in [6, 6.07) is 18.9. The summed E-state index contributed by atoms with van der Waals surface area (Å²) in [5, 5.41) is 9.47. The maximum atomic E-state index is 13.6. The van der Waals surface area contributed by atoms with E-state index in [9.17, 15) is 23.3 Å². The van der Waals surface area contributed by atoms with Crippen molar-refractivity contribution < 1.29 is 22.7 Å². The second-order valence-electron chi connectivity index (χ2n) is 7.06. The third-order valence-corrected chi connectivity index (χ3v) is 7.03. The number of esters is 1. The van der Waals surface area contributed by atoms with Crippen molar-refractivity contribution in [3.8, 4) is 6.07 Å². The molecule has 8 heteroatoms. The van der Waals surface area contributed by atoms with Crippen LogP contribution < -0.4 is 4.90 Å². The predicted octanol–water partition coefficient (Wildman–Crippen LogP) is 3.73. The summed E-state index contributed by atoms with van der Waals surface area (Å²) in [4.78, 5) is 27.0. The first-order chi connectivity index (χ1) is 15.4. The molecule has 3 aromatic rings. The third-order valence-electron chi connectivity index (χ3n) is 5.17. The second kappa shape index (κ2) is 8.29. The van der Waals surface area contributed by atoms with Gasteiger partial charge in [-0.15, -0.1) is 0 Å². The summed E-state index contributed by atoms with van der Waals surface area (Å²) in [5.41, 5.74) is 1.12. The van der Waals surface area contributed by atoms with Crippen molar-refractivity contribution in [2.45, 2.75) is 23.3 Å². The first-order valence-corrected chi connectivity index (χ1v) is 11.3. The fourth-order valence-electron chi connectivity index (χ4n) is 3.64. The van der Waals surface area contributed by atoms with E-state index in [2.05, 4.69) is 6.07 Å². The maximum absolute atomic E-state index is 13.6. The minimum atomic E-state index is -4.05. The number of nitriles is 1. The number of ether oxygens (including phenoxy) is 1. The van der Waals surface area contributed by atoms with E-state index in [0.717, 1.165) is 0 Å². The summed E-state index contributed by atoms with van der Waals surface area (Å²) in [6.07, 6.45) is 0. The van der Waals surface area contributed by atoms with Gasteiger partial charge in [-0.25, -0.2) is 13.2 Å². The van der Waals surface area contributed by atoms with Gasteiger partial charge in [0.15, 0.2) is 0 Å². The molecule has 32 heavy (non-hydrogen) atoms. The second-order valence-corrected chi connectivity index (χ2v) is 8.95. The van der Waals surface area contributed by atoms with E-state index in [-0.39, 0.29) is 39.8 Å². The molecule has 0 radical (unpaired) electrons. The van der Waals surface area contributed by atoms with Crippen LogP contribution in [0.25, 0.3) is 0 Å². The fourth-order valence-corrected chi connectivity index (χ4v) is 5.27. The molecule has 0 aliphatic carbocycles. The van der Waals surface area contributed by atoms with Crippen LogP contribution in [0, 0.1) is 11.3 Å². The van der Waals surface area contributed by atoms with Gasteiger partial charge in [0.25, 0.3) is 5.91 Å². The molecule has 4 rings (SSSR count). The fraction of sp³-hybridized carbons (Fsp3) is 0.125. The monoisotopic (exact) mass is 446 g/mol. The first-order valence-electron chi connectivity index (χ1n) is 9.83. The highest BCUT2D eigenvalue weighted by atomic mass is 32.2. The number of nitrogens with zero attached hydrogens (tertiary/aromatic N) is 2. The van der Waals surface area contributed by atoms with E-state index in [1.807, 2.05) is 0 Å². The summed E-state index contributed by atoms with van der Waals surface area (Å²) in [7, 11) is -4.05. The van der Waals surface area contributed by atoms with Gasteiger partial charge >= 0.3 is 5.97 Å². The molecule has 1 amide bonds. The predicted molar refractivity (Wildman–Crippen MR) is 116 cm³/mol. The van der Waals surface area contributed by atoms with Crippen molar-refractivity contribution in [1.82, 2.24) is 0 Å². The van der Waals surface area contributed by atoms with Crippen LogP contribution in [0.1, 0.15) is 38.8 Å². The molecule has 0 fully saturated rings. The molecular formula is C24H18N2O5S. The zero-order valence-corrected chi connectivity index (χ0v) is 17.9. The lowest BCUT2D eigenvalue weighted by Gasteiger charge is -2.24. The van der Waals surface area contributed by atoms with Crippen molar-refractivity contribution in [3.63, 3.8) is 0 Å². The number of hydrogen-bond acceptors (Lipinski definition) is 6. The summed E-state index contributed by atoms with van der Waals surface area (Å²) in [5.74, 6) is -1.17. The Morgan fingerprint density at radius 2 is 1.75 bits per heavy atom. The Morgan fingerprint density at radius 3 is 2.50 bits per heavy atom. The molecule has 0 atom stereocenters. The molecule has 0 saturated carbocycles. The number of rotatable bonds is 4. The van der Waals surface area contributed by atoms with Crippen LogP contribution in [-0.2, 0) is 21.1 Å². The van der Waals surface area contributed by atoms with Gasteiger partial charge in [-0.1, -0.05) is 30.3 Å². The molecule has 0 unspecified atom stereocenters. The summed E-state index contributed by atoms with van der Waals surface area (Å²) < 4.78 is 31.9. The highest BCUT2D eigenvalue weighted by molar-refractivity contribution is 7.91. The molecule has 1 heterocycles. The largest absolute Gasteiger partial charge is 0.462 e. The lowest BCUT2D eigenvalue weighted by molar-refractivity contribution is 0.0526. The van der Waals surface area contributed by atoms with Crippen LogP contribution >= 0.6 is 0 Å². The minimum absolute atomic E-state index is 0.0239. The van der Waals surface area contributed by atoms with Gasteiger partial charge in [-0.2, -0.15) is 5.26 Å². The van der Waals surface area contributed by atoms with E-state index in [0.29, 0.717) is 11.1 Å². The van der Waals surface area contributed by atoms with E-state index in [1.54, 1.807) is 43.3 Å². The Balaban J connectivity index is 1.98. The van der Waals surface area contributed by atoms with Gasteiger partial charge in [0.1, 0.15) is 0 Å². The summed E-state index contributed by atoms with van der Waals surface area (Å²) in [6.45, 7) is 1.76. The number of fused-ring (bicyclic) bond motifs is 2. The quantitative estimate of drug-likeness (QED) is 0.566. The zero-order chi connectivity index (χ0) is 22.9. The number of carbonyl (C=O) groups is 2. The SMILES string of the molecule is CCOC(=O)c1ccc2c(c1)N(Cc1ccccc1C#N)C(=O)c1ccccc1S2(=O)=O. The molecule has 7 nitrogen and oxygen atoms in total. The molecule has 160 valence electrons. The number of benzene rings is 3. The highest BCUT2D eigenvalue weighted by Gasteiger charge is 2.36. The summed E-state index contributed by atoms with van der Waals surface area (Å²) >= 11 is 0. The average molecular weight is 446 g/mol. The van der Waals surface area contributed by atoms with Crippen molar-refractivity contribution in [3.05, 3.63) is 89.0 Å². The Labute approximate surface area is 185 Å². The third kappa shape index (κ3) is 3.53. The van der Waals surface area contributed by atoms with E-state index in [4.69, 9.17) is 4.74 Å². The van der Waals surface area contributed by atoms with Gasteiger partial charge in [-0.3, -0.25) is 4.79 Å². The van der Waals surface area contributed by atoms with Crippen molar-refractivity contribution in [2.75, 3.05) is 11.5 Å². The van der Waals surface area contributed by atoms with Crippen LogP contribution in [-0.4, -0.2) is 26.9 Å². The standard InChI is InChI=1S/C24H18N2O5S/c1-2-31-24(28)16-11-12-22-20(13-16)26(15-18-8-4-3-7-17(18)14-25)23(27)19-9-5-6-10-21(19)32(22,29)30/h3-13H,2,15H2,1H3. The molecule has 0 saturated heterocycles. The molecule has 0 spiro atoms. The topological polar surface area (TPSA) is 105 Å². The highest BCUT2D eigenvalue weighted by Crippen LogP contribution is 2.38. The van der Waals surface area contributed by atoms with Gasteiger partial charge < -0.3 is 9.64 Å². The van der Waals surface area contributed by atoms with Crippen molar-refractivity contribution in [1.29, 1.82) is 5.26 Å². The number of anilines is 1. The number of hydrogen-bond donors (Lipinski definition) is 0.